The lowest BCUT2D eigenvalue weighted by molar-refractivity contribution is 0.0544. The van der Waals surface area contributed by atoms with Crippen molar-refractivity contribution in [3.63, 3.8) is 0 Å². The van der Waals surface area contributed by atoms with Crippen molar-refractivity contribution >= 4 is 22.9 Å². The Morgan fingerprint density at radius 3 is 2.59 bits per heavy atom. The molecule has 0 aliphatic heterocycles. The predicted molar refractivity (Wildman–Crippen MR) is 87.5 cm³/mol. The summed E-state index contributed by atoms with van der Waals surface area (Å²) >= 11 is 0. The van der Waals surface area contributed by atoms with E-state index in [0.29, 0.717) is 5.69 Å². The lowest BCUT2D eigenvalue weighted by Gasteiger charge is -2.03. The van der Waals surface area contributed by atoms with Crippen molar-refractivity contribution in [2.75, 3.05) is 6.61 Å². The van der Waals surface area contributed by atoms with Crippen molar-refractivity contribution in [2.45, 2.75) is 0 Å². The smallest absolute Gasteiger partial charge is 0.357 e. The highest BCUT2D eigenvalue weighted by Gasteiger charge is 2.08. The van der Waals surface area contributed by atoms with Crippen LogP contribution >= 0.6 is 0 Å². The van der Waals surface area contributed by atoms with E-state index in [4.69, 9.17) is 4.74 Å². The van der Waals surface area contributed by atoms with Gasteiger partial charge in [-0.1, -0.05) is 60.7 Å². The second-order valence-electron chi connectivity index (χ2n) is 4.80. The number of carbonyl (C=O) groups is 1. The third kappa shape index (κ3) is 3.38. The fourth-order valence-corrected chi connectivity index (χ4v) is 2.13. The molecular formula is C19H15NO2. The van der Waals surface area contributed by atoms with Crippen LogP contribution in [0.4, 0.5) is 0 Å². The molecule has 22 heavy (non-hydrogen) atoms. The van der Waals surface area contributed by atoms with Crippen LogP contribution in [0, 0.1) is 0 Å². The van der Waals surface area contributed by atoms with E-state index in [0.717, 1.165) is 16.5 Å². The minimum absolute atomic E-state index is 0.224. The molecule has 0 aliphatic rings. The Balaban J connectivity index is 1.62. The van der Waals surface area contributed by atoms with Crippen LogP contribution in [0.1, 0.15) is 16.1 Å². The van der Waals surface area contributed by atoms with Crippen molar-refractivity contribution in [1.82, 2.24) is 4.98 Å². The zero-order chi connectivity index (χ0) is 15.2. The summed E-state index contributed by atoms with van der Waals surface area (Å²) < 4.78 is 5.21. The van der Waals surface area contributed by atoms with E-state index >= 15 is 0 Å². The number of rotatable bonds is 4. The molecule has 0 aliphatic carbocycles. The molecule has 108 valence electrons. The standard InChI is InChI=1S/C19H15NO2/c21-19(22-14-6-9-15-7-2-1-3-8-15)18-13-12-16-10-4-5-11-17(16)20-18/h1-13H,14H2/b9-6+. The van der Waals surface area contributed by atoms with Crippen LogP contribution < -0.4 is 0 Å². The van der Waals surface area contributed by atoms with Gasteiger partial charge in [0.15, 0.2) is 0 Å². The average Bonchev–Trinajstić information content (AvgIpc) is 2.59. The van der Waals surface area contributed by atoms with Gasteiger partial charge < -0.3 is 4.74 Å². The number of pyridine rings is 1. The van der Waals surface area contributed by atoms with Gasteiger partial charge in [0, 0.05) is 5.39 Å². The largest absolute Gasteiger partial charge is 0.457 e. The van der Waals surface area contributed by atoms with E-state index in [-0.39, 0.29) is 6.61 Å². The predicted octanol–water partition coefficient (Wildman–Crippen LogP) is 4.11. The van der Waals surface area contributed by atoms with Gasteiger partial charge in [-0.05, 0) is 23.8 Å². The Kier molecular flexibility index (Phi) is 4.25. The highest BCUT2D eigenvalue weighted by atomic mass is 16.5. The highest BCUT2D eigenvalue weighted by molar-refractivity contribution is 5.91. The number of para-hydroxylation sites is 1. The van der Waals surface area contributed by atoms with Crippen molar-refractivity contribution in [3.05, 3.63) is 84.1 Å². The molecule has 0 atom stereocenters. The quantitative estimate of drug-likeness (QED) is 0.679. The third-order valence-corrected chi connectivity index (χ3v) is 3.23. The van der Waals surface area contributed by atoms with Crippen LogP contribution in [0.5, 0.6) is 0 Å². The summed E-state index contributed by atoms with van der Waals surface area (Å²) in [7, 11) is 0. The maximum Gasteiger partial charge on any atom is 0.357 e. The van der Waals surface area contributed by atoms with Crippen LogP contribution in [0.3, 0.4) is 0 Å². The molecule has 0 spiro atoms. The Bertz CT molecular complexity index is 810. The molecule has 0 unspecified atom stereocenters. The lowest BCUT2D eigenvalue weighted by Crippen LogP contribution is -2.07. The Labute approximate surface area is 128 Å². The van der Waals surface area contributed by atoms with Crippen molar-refractivity contribution < 1.29 is 9.53 Å². The first kappa shape index (κ1) is 14.0. The summed E-state index contributed by atoms with van der Waals surface area (Å²) in [5.41, 5.74) is 2.19. The van der Waals surface area contributed by atoms with Crippen LogP contribution in [-0.4, -0.2) is 17.6 Å². The van der Waals surface area contributed by atoms with E-state index in [9.17, 15) is 4.79 Å². The molecule has 2 aromatic carbocycles. The molecular weight excluding hydrogens is 274 g/mol. The number of hydrogen-bond donors (Lipinski definition) is 0. The molecule has 0 saturated heterocycles. The SMILES string of the molecule is O=C(OC/C=C/c1ccccc1)c1ccc2ccccc2n1. The number of carbonyl (C=O) groups excluding carboxylic acids is 1. The van der Waals surface area contributed by atoms with Gasteiger partial charge in [0.25, 0.3) is 0 Å². The fourth-order valence-electron chi connectivity index (χ4n) is 2.13. The summed E-state index contributed by atoms with van der Waals surface area (Å²) in [6.45, 7) is 0.224. The Hall–Kier alpha value is -2.94. The van der Waals surface area contributed by atoms with E-state index in [1.54, 1.807) is 6.07 Å². The number of esters is 1. The zero-order valence-electron chi connectivity index (χ0n) is 12.0. The third-order valence-electron chi connectivity index (χ3n) is 3.23. The van der Waals surface area contributed by atoms with Gasteiger partial charge in [0.2, 0.25) is 0 Å². The maximum absolute atomic E-state index is 12.0. The first-order chi connectivity index (χ1) is 10.8. The molecule has 0 saturated carbocycles. The van der Waals surface area contributed by atoms with Gasteiger partial charge in [-0.15, -0.1) is 0 Å². The van der Waals surface area contributed by atoms with Gasteiger partial charge in [-0.2, -0.15) is 0 Å². The van der Waals surface area contributed by atoms with Crippen LogP contribution in [-0.2, 0) is 4.74 Å². The summed E-state index contributed by atoms with van der Waals surface area (Å²) in [4.78, 5) is 16.3. The first-order valence-corrected chi connectivity index (χ1v) is 7.07. The fraction of sp³-hybridized carbons (Fsp3) is 0.0526. The van der Waals surface area contributed by atoms with Crippen LogP contribution in [0.25, 0.3) is 17.0 Å². The van der Waals surface area contributed by atoms with E-state index in [1.165, 1.54) is 0 Å². The van der Waals surface area contributed by atoms with Crippen molar-refractivity contribution in [2.24, 2.45) is 0 Å². The molecule has 3 heteroatoms. The molecule has 0 fully saturated rings. The molecule has 1 aromatic heterocycles. The molecule has 0 bridgehead atoms. The minimum atomic E-state index is -0.413. The van der Waals surface area contributed by atoms with Gasteiger partial charge in [-0.3, -0.25) is 0 Å². The minimum Gasteiger partial charge on any atom is -0.457 e. The molecule has 0 amide bonds. The van der Waals surface area contributed by atoms with Gasteiger partial charge >= 0.3 is 5.97 Å². The van der Waals surface area contributed by atoms with Crippen LogP contribution in [0.2, 0.25) is 0 Å². The number of aromatic nitrogens is 1. The molecule has 1 heterocycles. The number of ether oxygens (including phenoxy) is 1. The molecule has 3 nitrogen and oxygen atoms in total. The Morgan fingerprint density at radius 1 is 0.955 bits per heavy atom. The normalized spacial score (nSPS) is 10.9. The number of fused-ring (bicyclic) bond motifs is 1. The number of benzene rings is 2. The van der Waals surface area contributed by atoms with Crippen LogP contribution in [0.15, 0.2) is 72.8 Å². The molecule has 0 radical (unpaired) electrons. The van der Waals surface area contributed by atoms with E-state index in [1.807, 2.05) is 72.8 Å². The summed E-state index contributed by atoms with van der Waals surface area (Å²) in [5, 5.41) is 1.00. The van der Waals surface area contributed by atoms with E-state index < -0.39 is 5.97 Å². The molecule has 3 aromatic rings. The number of hydrogen-bond acceptors (Lipinski definition) is 3. The monoisotopic (exact) mass is 289 g/mol. The second-order valence-corrected chi connectivity index (χ2v) is 4.80. The van der Waals surface area contributed by atoms with Gasteiger partial charge in [-0.25, -0.2) is 9.78 Å². The Morgan fingerprint density at radius 2 is 1.73 bits per heavy atom. The highest BCUT2D eigenvalue weighted by Crippen LogP contribution is 2.12. The second kappa shape index (κ2) is 6.68. The summed E-state index contributed by atoms with van der Waals surface area (Å²) in [6, 6.07) is 21.1. The van der Waals surface area contributed by atoms with E-state index in [2.05, 4.69) is 4.98 Å². The summed E-state index contributed by atoms with van der Waals surface area (Å²) in [6.07, 6.45) is 3.73. The molecule has 0 N–H and O–H groups in total. The van der Waals surface area contributed by atoms with Crippen molar-refractivity contribution in [1.29, 1.82) is 0 Å². The zero-order valence-corrected chi connectivity index (χ0v) is 12.0. The topological polar surface area (TPSA) is 39.2 Å². The van der Waals surface area contributed by atoms with Gasteiger partial charge in [0.05, 0.1) is 5.52 Å². The molecule has 3 rings (SSSR count). The maximum atomic E-state index is 12.0. The van der Waals surface area contributed by atoms with Crippen molar-refractivity contribution in [3.8, 4) is 0 Å². The summed E-state index contributed by atoms with van der Waals surface area (Å²) in [5.74, 6) is -0.413. The number of nitrogens with zero attached hydrogens (tertiary/aromatic N) is 1. The average molecular weight is 289 g/mol. The van der Waals surface area contributed by atoms with Gasteiger partial charge in [0.1, 0.15) is 12.3 Å². The first-order valence-electron chi connectivity index (χ1n) is 7.07. The lowest BCUT2D eigenvalue weighted by atomic mass is 10.2.